The molecule has 2 aromatic carbocycles. The maximum atomic E-state index is 11.7. The predicted octanol–water partition coefficient (Wildman–Crippen LogP) is 9.20. The fourth-order valence-electron chi connectivity index (χ4n) is 3.34. The van der Waals surface area contributed by atoms with Gasteiger partial charge in [-0.3, -0.25) is 4.89 Å². The predicted molar refractivity (Wildman–Crippen MR) is 152 cm³/mol. The Hall–Kier alpha value is -1.46. The fourth-order valence-corrected chi connectivity index (χ4v) is 4.79. The van der Waals surface area contributed by atoms with Gasteiger partial charge < -0.3 is 23.0 Å². The van der Waals surface area contributed by atoms with E-state index in [2.05, 4.69) is 13.8 Å². The number of benzene rings is 2. The number of phosphoric ester groups is 1. The zero-order valence-corrected chi connectivity index (χ0v) is 24.3. The summed E-state index contributed by atoms with van der Waals surface area (Å²) < 4.78 is 32.0. The summed E-state index contributed by atoms with van der Waals surface area (Å²) in [6.07, 6.45) is 14.9. The van der Waals surface area contributed by atoms with Crippen molar-refractivity contribution < 1.29 is 32.4 Å². The topological polar surface area (TPSA) is 94.5 Å². The molecule has 0 atom stereocenters. The van der Waals surface area contributed by atoms with Crippen molar-refractivity contribution in [3.63, 3.8) is 0 Å². The highest BCUT2D eigenvalue weighted by molar-refractivity contribution is 7.48. The number of para-hydroxylation sites is 2. The number of hydrogen-bond acceptors (Lipinski definition) is 6. The van der Waals surface area contributed by atoms with E-state index in [1.807, 2.05) is 0 Å². The average molecular weight is 557 g/mol. The molecule has 9 heteroatoms. The van der Waals surface area contributed by atoms with Crippen molar-refractivity contribution in [1.29, 1.82) is 0 Å². The maximum Gasteiger partial charge on any atom is 0.584 e. The van der Waals surface area contributed by atoms with Gasteiger partial charge in [-0.05, 0) is 37.1 Å². The lowest BCUT2D eigenvalue weighted by atomic mass is 10.1. The molecule has 0 aliphatic rings. The van der Waals surface area contributed by atoms with Crippen LogP contribution in [0.15, 0.2) is 60.7 Å². The largest absolute Gasteiger partial charge is 0.584 e. The van der Waals surface area contributed by atoms with Gasteiger partial charge in [0.2, 0.25) is 0 Å². The van der Waals surface area contributed by atoms with Crippen LogP contribution in [-0.2, 0) is 13.6 Å². The Labute approximate surface area is 225 Å². The minimum Gasteiger partial charge on any atom is -0.395 e. The quantitative estimate of drug-likeness (QED) is 0.124. The third-order valence-corrected chi connectivity index (χ3v) is 7.02. The Morgan fingerprint density at radius 2 is 0.973 bits per heavy atom. The van der Waals surface area contributed by atoms with Crippen LogP contribution in [0.25, 0.3) is 0 Å². The van der Waals surface area contributed by atoms with E-state index in [0.29, 0.717) is 13.2 Å². The third-order valence-electron chi connectivity index (χ3n) is 5.33. The molecule has 0 fully saturated rings. The summed E-state index contributed by atoms with van der Waals surface area (Å²) >= 11 is 0. The molecular formula is C28H46O7P2. The zero-order valence-electron chi connectivity index (χ0n) is 22.5. The molecule has 0 heterocycles. The Morgan fingerprint density at radius 3 is 1.35 bits per heavy atom. The van der Waals surface area contributed by atoms with Crippen LogP contribution in [0.1, 0.15) is 90.9 Å². The van der Waals surface area contributed by atoms with E-state index in [-0.39, 0.29) is 11.5 Å². The number of hydrogen-bond donors (Lipinski definition) is 2. The molecule has 7 nitrogen and oxygen atoms in total. The van der Waals surface area contributed by atoms with Crippen LogP contribution >= 0.6 is 16.4 Å². The minimum atomic E-state index is -4.14. The molecule has 0 saturated heterocycles. The minimum absolute atomic E-state index is 0.286. The van der Waals surface area contributed by atoms with Crippen molar-refractivity contribution in [2.75, 3.05) is 13.2 Å². The van der Waals surface area contributed by atoms with Gasteiger partial charge in [-0.25, -0.2) is 4.57 Å². The maximum absolute atomic E-state index is 11.7. The first-order chi connectivity index (χ1) is 18.0. The second-order valence-electron chi connectivity index (χ2n) is 8.72. The monoisotopic (exact) mass is 556 g/mol. The summed E-state index contributed by atoms with van der Waals surface area (Å²) in [6, 6.07) is 16.7. The van der Waals surface area contributed by atoms with Crippen LogP contribution in [0.3, 0.4) is 0 Å². The SMILES string of the molecule is CCCCCCCCOP(O)OCCCCCCCC.O=P(O)(Oc1ccccc1)Oc1ccccc1. The highest BCUT2D eigenvalue weighted by Crippen LogP contribution is 2.44. The van der Waals surface area contributed by atoms with E-state index in [4.69, 9.17) is 18.1 Å². The van der Waals surface area contributed by atoms with Gasteiger partial charge in [-0.1, -0.05) is 114 Å². The second kappa shape index (κ2) is 22.5. The molecule has 2 rings (SSSR count). The molecule has 0 aromatic heterocycles. The summed E-state index contributed by atoms with van der Waals surface area (Å²) in [5, 5.41) is 0. The van der Waals surface area contributed by atoms with E-state index in [1.54, 1.807) is 60.7 Å². The molecule has 0 amide bonds. The highest BCUT2D eigenvalue weighted by Gasteiger charge is 2.24. The van der Waals surface area contributed by atoms with Crippen molar-refractivity contribution in [3.8, 4) is 11.5 Å². The molecule has 0 aliphatic heterocycles. The first-order valence-corrected chi connectivity index (χ1v) is 16.2. The van der Waals surface area contributed by atoms with Crippen LogP contribution in [0.5, 0.6) is 11.5 Å². The molecule has 0 spiro atoms. The normalized spacial score (nSPS) is 11.2. The smallest absolute Gasteiger partial charge is 0.395 e. The highest BCUT2D eigenvalue weighted by atomic mass is 31.2. The lowest BCUT2D eigenvalue weighted by molar-refractivity contribution is 0.193. The van der Waals surface area contributed by atoms with E-state index < -0.39 is 16.4 Å². The van der Waals surface area contributed by atoms with Crippen molar-refractivity contribution >= 4 is 16.4 Å². The molecule has 0 aliphatic carbocycles. The standard InChI is InChI=1S/C16H35O3P.C12H11O4P/c1-3-5-7-9-11-13-15-18-20(17)19-16-14-12-10-8-6-4-2;13-17(14,15-11-7-3-1-4-8-11)16-12-9-5-2-6-10-12/h17H,3-16H2,1-2H3;1-10H,(H,13,14). The van der Waals surface area contributed by atoms with E-state index in [9.17, 15) is 14.4 Å². The fraction of sp³-hybridized carbons (Fsp3) is 0.571. The molecular weight excluding hydrogens is 510 g/mol. The van der Waals surface area contributed by atoms with Crippen LogP contribution in [0, 0.1) is 0 Å². The Bertz CT molecular complexity index is 745. The van der Waals surface area contributed by atoms with Gasteiger partial charge in [0, 0.05) is 0 Å². The van der Waals surface area contributed by atoms with Gasteiger partial charge in [0.15, 0.2) is 0 Å². The number of rotatable bonds is 20. The third kappa shape index (κ3) is 20.2. The number of unbranched alkanes of at least 4 members (excludes halogenated alkanes) is 10. The first kappa shape index (κ1) is 33.6. The van der Waals surface area contributed by atoms with Crippen molar-refractivity contribution in [2.45, 2.75) is 90.9 Å². The molecule has 2 N–H and O–H groups in total. The summed E-state index contributed by atoms with van der Waals surface area (Å²) in [4.78, 5) is 19.1. The van der Waals surface area contributed by atoms with Crippen LogP contribution in [-0.4, -0.2) is 23.0 Å². The molecule has 210 valence electrons. The van der Waals surface area contributed by atoms with Crippen LogP contribution in [0.4, 0.5) is 0 Å². The van der Waals surface area contributed by atoms with Gasteiger partial charge in [-0.2, -0.15) is 0 Å². The molecule has 0 radical (unpaired) electrons. The lowest BCUT2D eigenvalue weighted by Gasteiger charge is -2.13. The first-order valence-electron chi connectivity index (χ1n) is 13.5. The Balaban J connectivity index is 0.000000373. The van der Waals surface area contributed by atoms with Crippen molar-refractivity contribution in [1.82, 2.24) is 0 Å². The lowest BCUT2D eigenvalue weighted by Crippen LogP contribution is -1.99. The average Bonchev–Trinajstić information content (AvgIpc) is 2.88. The second-order valence-corrected chi connectivity index (χ2v) is 11.0. The van der Waals surface area contributed by atoms with Gasteiger partial charge in [-0.15, -0.1) is 0 Å². The van der Waals surface area contributed by atoms with Gasteiger partial charge in [0.1, 0.15) is 11.5 Å². The van der Waals surface area contributed by atoms with E-state index in [1.165, 1.54) is 64.2 Å². The summed E-state index contributed by atoms with van der Waals surface area (Å²) in [5.41, 5.74) is 0. The van der Waals surface area contributed by atoms with Gasteiger partial charge in [0.25, 0.3) is 0 Å². The Morgan fingerprint density at radius 1 is 0.622 bits per heavy atom. The molecule has 37 heavy (non-hydrogen) atoms. The van der Waals surface area contributed by atoms with Gasteiger partial charge >= 0.3 is 16.4 Å². The summed E-state index contributed by atoms with van der Waals surface area (Å²) in [6.45, 7) is 5.71. The van der Waals surface area contributed by atoms with E-state index >= 15 is 0 Å². The molecule has 0 saturated carbocycles. The van der Waals surface area contributed by atoms with E-state index in [0.717, 1.165) is 12.8 Å². The Kier molecular flexibility index (Phi) is 20.4. The molecule has 2 aromatic rings. The van der Waals surface area contributed by atoms with Crippen LogP contribution in [0.2, 0.25) is 0 Å². The molecule has 0 bridgehead atoms. The van der Waals surface area contributed by atoms with Crippen molar-refractivity contribution in [3.05, 3.63) is 60.7 Å². The van der Waals surface area contributed by atoms with Gasteiger partial charge in [0.05, 0.1) is 13.2 Å². The van der Waals surface area contributed by atoms with Crippen LogP contribution < -0.4 is 9.05 Å². The summed E-state index contributed by atoms with van der Waals surface area (Å²) in [7, 11) is -5.77. The zero-order chi connectivity index (χ0) is 27.0. The molecule has 0 unspecified atom stereocenters. The number of phosphoric acid groups is 1. The summed E-state index contributed by atoms with van der Waals surface area (Å²) in [5.74, 6) is 0.573. The van der Waals surface area contributed by atoms with Crippen molar-refractivity contribution in [2.24, 2.45) is 0 Å².